The lowest BCUT2D eigenvalue weighted by atomic mass is 10.0. The molecule has 1 amide bonds. The van der Waals surface area contributed by atoms with Crippen molar-refractivity contribution >= 4 is 11.6 Å². The van der Waals surface area contributed by atoms with Crippen LogP contribution in [0.4, 0.5) is 5.69 Å². The van der Waals surface area contributed by atoms with E-state index in [-0.39, 0.29) is 5.91 Å². The number of hydrogen-bond donors (Lipinski definition) is 1. The van der Waals surface area contributed by atoms with Gasteiger partial charge in [0.2, 0.25) is 0 Å². The Balaban J connectivity index is 2.01. The monoisotopic (exact) mass is 279 g/mol. The van der Waals surface area contributed by atoms with Gasteiger partial charge in [-0.25, -0.2) is 0 Å². The van der Waals surface area contributed by atoms with Crippen LogP contribution in [0, 0.1) is 5.92 Å². The predicted octanol–water partition coefficient (Wildman–Crippen LogP) is 1.98. The molecule has 2 N–H and O–H groups in total. The quantitative estimate of drug-likeness (QED) is 0.896. The van der Waals surface area contributed by atoms with E-state index < -0.39 is 0 Å². The second-order valence-electron chi connectivity index (χ2n) is 5.62. The summed E-state index contributed by atoms with van der Waals surface area (Å²) < 4.78 is 7.42. The zero-order valence-electron chi connectivity index (χ0n) is 12.5. The van der Waals surface area contributed by atoms with Gasteiger partial charge < -0.3 is 19.9 Å². The number of aryl methyl sites for hydroxylation is 1. The van der Waals surface area contributed by atoms with E-state index in [9.17, 15) is 4.79 Å². The summed E-state index contributed by atoms with van der Waals surface area (Å²) in [6.45, 7) is 5.27. The lowest BCUT2D eigenvalue weighted by molar-refractivity contribution is 0.0385. The van der Waals surface area contributed by atoms with Crippen LogP contribution in [0.1, 0.15) is 36.7 Å². The molecule has 20 heavy (non-hydrogen) atoms. The fourth-order valence-corrected chi connectivity index (χ4v) is 2.76. The van der Waals surface area contributed by atoms with E-state index in [0.29, 0.717) is 17.3 Å². The van der Waals surface area contributed by atoms with Gasteiger partial charge in [0.05, 0.1) is 12.3 Å². The molecule has 2 heterocycles. The lowest BCUT2D eigenvalue weighted by Gasteiger charge is -2.27. The zero-order valence-corrected chi connectivity index (χ0v) is 12.5. The molecule has 1 fully saturated rings. The summed E-state index contributed by atoms with van der Waals surface area (Å²) in [5.41, 5.74) is 7.15. The van der Waals surface area contributed by atoms with Crippen molar-refractivity contribution in [1.29, 1.82) is 0 Å². The Bertz CT molecular complexity index is 450. The van der Waals surface area contributed by atoms with Gasteiger partial charge in [-0.2, -0.15) is 0 Å². The number of nitrogens with zero attached hydrogens (tertiary/aromatic N) is 2. The number of hydrogen-bond acceptors (Lipinski definition) is 3. The molecule has 5 heteroatoms. The molecule has 0 saturated carbocycles. The molecule has 0 radical (unpaired) electrons. The van der Waals surface area contributed by atoms with Crippen LogP contribution in [-0.2, 0) is 11.3 Å². The summed E-state index contributed by atoms with van der Waals surface area (Å²) in [5.74, 6) is 0.491. The van der Waals surface area contributed by atoms with Gasteiger partial charge in [-0.15, -0.1) is 0 Å². The molecule has 1 atom stereocenters. The molecule has 1 aromatic heterocycles. The largest absolute Gasteiger partial charge is 0.397 e. The highest BCUT2D eigenvalue weighted by atomic mass is 16.5. The molecule has 0 bridgehead atoms. The van der Waals surface area contributed by atoms with Gasteiger partial charge in [0.15, 0.2) is 0 Å². The molecular formula is C15H25N3O2. The summed E-state index contributed by atoms with van der Waals surface area (Å²) in [6, 6.07) is 1.77. The predicted molar refractivity (Wildman–Crippen MR) is 79.6 cm³/mol. The average molecular weight is 279 g/mol. The minimum Gasteiger partial charge on any atom is -0.397 e. The molecule has 0 aromatic carbocycles. The minimum absolute atomic E-state index is 0.0423. The highest BCUT2D eigenvalue weighted by Gasteiger charge is 2.21. The summed E-state index contributed by atoms with van der Waals surface area (Å²) in [7, 11) is 1.86. The fourth-order valence-electron chi connectivity index (χ4n) is 2.76. The van der Waals surface area contributed by atoms with E-state index in [4.69, 9.17) is 10.5 Å². The topological polar surface area (TPSA) is 60.5 Å². The standard InChI is InChI=1S/C15H25N3O2/c1-3-6-18-10-13(16)8-14(18)15(19)17(2)9-12-5-4-7-20-11-12/h8,10,12H,3-7,9,11,16H2,1-2H3. The van der Waals surface area contributed by atoms with E-state index in [1.54, 1.807) is 11.0 Å². The SMILES string of the molecule is CCCn1cc(N)cc1C(=O)N(C)CC1CCCOC1. The average Bonchev–Trinajstić information content (AvgIpc) is 2.80. The fraction of sp³-hybridized carbons (Fsp3) is 0.667. The normalized spacial score (nSPS) is 19.0. The molecule has 1 aliphatic heterocycles. The number of aromatic nitrogens is 1. The Morgan fingerprint density at radius 1 is 1.60 bits per heavy atom. The van der Waals surface area contributed by atoms with Crippen molar-refractivity contribution < 1.29 is 9.53 Å². The van der Waals surface area contributed by atoms with Crippen molar-refractivity contribution in [3.05, 3.63) is 18.0 Å². The van der Waals surface area contributed by atoms with Crippen molar-refractivity contribution in [2.24, 2.45) is 5.92 Å². The molecule has 5 nitrogen and oxygen atoms in total. The number of amides is 1. The molecule has 112 valence electrons. The number of nitrogens with two attached hydrogens (primary N) is 1. The maximum Gasteiger partial charge on any atom is 0.270 e. The van der Waals surface area contributed by atoms with Crippen molar-refractivity contribution in [3.63, 3.8) is 0 Å². The first kappa shape index (κ1) is 14.9. The third-order valence-corrected chi connectivity index (χ3v) is 3.73. The van der Waals surface area contributed by atoms with Gasteiger partial charge in [-0.05, 0) is 31.2 Å². The summed E-state index contributed by atoms with van der Waals surface area (Å²) in [4.78, 5) is 14.3. The highest BCUT2D eigenvalue weighted by molar-refractivity contribution is 5.93. The van der Waals surface area contributed by atoms with Gasteiger partial charge in [0, 0.05) is 32.9 Å². The molecular weight excluding hydrogens is 254 g/mol. The van der Waals surface area contributed by atoms with Crippen LogP contribution in [0.5, 0.6) is 0 Å². The summed E-state index contributed by atoms with van der Waals surface area (Å²) in [6.07, 6.45) is 5.05. The number of ether oxygens (including phenoxy) is 1. The Morgan fingerprint density at radius 3 is 3.05 bits per heavy atom. The van der Waals surface area contributed by atoms with Crippen molar-refractivity contribution in [2.75, 3.05) is 32.5 Å². The Morgan fingerprint density at radius 2 is 2.40 bits per heavy atom. The first-order chi connectivity index (χ1) is 9.61. The van der Waals surface area contributed by atoms with Crippen LogP contribution in [0.2, 0.25) is 0 Å². The van der Waals surface area contributed by atoms with Crippen molar-refractivity contribution in [1.82, 2.24) is 9.47 Å². The Hall–Kier alpha value is -1.49. The van der Waals surface area contributed by atoms with Crippen LogP contribution in [0.15, 0.2) is 12.3 Å². The lowest BCUT2D eigenvalue weighted by Crippen LogP contribution is -2.36. The first-order valence-corrected chi connectivity index (χ1v) is 7.40. The van der Waals surface area contributed by atoms with Gasteiger partial charge in [0.1, 0.15) is 5.69 Å². The number of nitrogen functional groups attached to an aromatic ring is 1. The van der Waals surface area contributed by atoms with E-state index in [2.05, 4.69) is 6.92 Å². The molecule has 1 aromatic rings. The maximum absolute atomic E-state index is 12.5. The van der Waals surface area contributed by atoms with Gasteiger partial charge in [-0.3, -0.25) is 4.79 Å². The zero-order chi connectivity index (χ0) is 14.5. The van der Waals surface area contributed by atoms with E-state index in [0.717, 1.165) is 45.6 Å². The molecule has 1 aliphatic rings. The summed E-state index contributed by atoms with van der Waals surface area (Å²) in [5, 5.41) is 0. The molecule has 1 saturated heterocycles. The van der Waals surface area contributed by atoms with Crippen molar-refractivity contribution in [3.8, 4) is 0 Å². The van der Waals surface area contributed by atoms with E-state index >= 15 is 0 Å². The third-order valence-electron chi connectivity index (χ3n) is 3.73. The van der Waals surface area contributed by atoms with Gasteiger partial charge in [0.25, 0.3) is 5.91 Å². The molecule has 0 aliphatic carbocycles. The molecule has 1 unspecified atom stereocenters. The second kappa shape index (κ2) is 6.79. The number of anilines is 1. The minimum atomic E-state index is 0.0423. The first-order valence-electron chi connectivity index (χ1n) is 7.40. The van der Waals surface area contributed by atoms with Crippen molar-refractivity contribution in [2.45, 2.75) is 32.7 Å². The van der Waals surface area contributed by atoms with Crippen LogP contribution in [0.25, 0.3) is 0 Å². The second-order valence-corrected chi connectivity index (χ2v) is 5.62. The van der Waals surface area contributed by atoms with E-state index in [1.807, 2.05) is 17.8 Å². The Labute approximate surface area is 120 Å². The van der Waals surface area contributed by atoms with Gasteiger partial charge in [-0.1, -0.05) is 6.92 Å². The highest BCUT2D eigenvalue weighted by Crippen LogP contribution is 2.17. The summed E-state index contributed by atoms with van der Waals surface area (Å²) >= 11 is 0. The number of rotatable bonds is 5. The number of carbonyl (C=O) groups excluding carboxylic acids is 1. The van der Waals surface area contributed by atoms with Crippen LogP contribution in [0.3, 0.4) is 0 Å². The van der Waals surface area contributed by atoms with Crippen LogP contribution in [-0.4, -0.2) is 42.2 Å². The Kier molecular flexibility index (Phi) is 5.06. The smallest absolute Gasteiger partial charge is 0.270 e. The van der Waals surface area contributed by atoms with Crippen LogP contribution < -0.4 is 5.73 Å². The maximum atomic E-state index is 12.5. The molecule has 2 rings (SSSR count). The molecule has 0 spiro atoms. The van der Waals surface area contributed by atoms with Crippen LogP contribution >= 0.6 is 0 Å². The number of carbonyl (C=O) groups is 1. The van der Waals surface area contributed by atoms with Gasteiger partial charge >= 0.3 is 0 Å². The third kappa shape index (κ3) is 3.54. The van der Waals surface area contributed by atoms with E-state index in [1.165, 1.54) is 0 Å².